The minimum Gasteiger partial charge on any atom is -0.483 e. The largest absolute Gasteiger partial charge is 0.483 e. The molecule has 1 unspecified atom stereocenters. The van der Waals surface area contributed by atoms with Crippen LogP contribution in [0.3, 0.4) is 0 Å². The van der Waals surface area contributed by atoms with Crippen LogP contribution >= 0.6 is 0 Å². The number of carbonyl (C=O) groups is 1. The van der Waals surface area contributed by atoms with Gasteiger partial charge in [-0.15, -0.1) is 0 Å². The topological polar surface area (TPSA) is 80.0 Å². The quantitative estimate of drug-likeness (QED) is 0.474. The normalized spacial score (nSPS) is 24.4. The van der Waals surface area contributed by atoms with Crippen LogP contribution in [0.25, 0.3) is 11.0 Å². The summed E-state index contributed by atoms with van der Waals surface area (Å²) in [7, 11) is 0. The van der Waals surface area contributed by atoms with E-state index in [9.17, 15) is 14.7 Å². The van der Waals surface area contributed by atoms with E-state index < -0.39 is 5.60 Å². The van der Waals surface area contributed by atoms with Crippen molar-refractivity contribution in [2.24, 2.45) is 5.92 Å². The monoisotopic (exact) mass is 483 g/mol. The minimum atomic E-state index is -0.629. The van der Waals surface area contributed by atoms with Gasteiger partial charge < -0.3 is 19.2 Å². The van der Waals surface area contributed by atoms with Gasteiger partial charge in [0.05, 0.1) is 5.60 Å². The number of likely N-dealkylation sites (tertiary alicyclic amines) is 1. The Kier molecular flexibility index (Phi) is 8.20. The predicted octanol–water partition coefficient (Wildman–Crippen LogP) is 5.54. The molecule has 1 aromatic heterocycles. The lowest BCUT2D eigenvalue weighted by Crippen LogP contribution is -2.61. The first-order valence-corrected chi connectivity index (χ1v) is 13.6. The number of carbonyl (C=O) groups excluding carboxylic acids is 1. The van der Waals surface area contributed by atoms with Gasteiger partial charge in [0.15, 0.2) is 6.61 Å². The maximum atomic E-state index is 13.4. The summed E-state index contributed by atoms with van der Waals surface area (Å²) < 4.78 is 11.6. The second-order valence-corrected chi connectivity index (χ2v) is 10.6. The van der Waals surface area contributed by atoms with Crippen LogP contribution in [0.4, 0.5) is 0 Å². The molecule has 2 aliphatic rings. The molecule has 1 aliphatic carbocycles. The molecule has 6 heteroatoms. The van der Waals surface area contributed by atoms with Crippen LogP contribution in [0, 0.1) is 12.8 Å². The molecule has 1 N–H and O–H groups in total. The molecule has 6 nitrogen and oxygen atoms in total. The number of benzene rings is 1. The summed E-state index contributed by atoms with van der Waals surface area (Å²) in [6.07, 6.45) is 10.6. The molecule has 4 rings (SSSR count). The Labute approximate surface area is 208 Å². The standard InChI is InChI=1S/C29H41NO5/c1-4-6-10-21-18-27(32)35-28-20(3)25(14-13-22(21)28)34-19-26(31)30-17-16-29(33)15-9-8-11-23(29)24(30)12-7-5-2/h13-14,18,23-24,33H,4-12,15-17,19H2,1-3H3/t23-,24?,29-/m0/s1. The van der Waals surface area contributed by atoms with Crippen molar-refractivity contribution >= 4 is 16.9 Å². The summed E-state index contributed by atoms with van der Waals surface area (Å²) in [5.74, 6) is 0.688. The first-order valence-electron chi connectivity index (χ1n) is 13.6. The van der Waals surface area contributed by atoms with Gasteiger partial charge in [0.25, 0.3) is 5.91 Å². The van der Waals surface area contributed by atoms with Gasteiger partial charge >= 0.3 is 5.63 Å². The third-order valence-corrected chi connectivity index (χ3v) is 8.24. The number of fused-ring (bicyclic) bond motifs is 2. The first-order chi connectivity index (χ1) is 16.9. The van der Waals surface area contributed by atoms with E-state index in [1.807, 2.05) is 24.0 Å². The number of aliphatic hydroxyl groups is 1. The fourth-order valence-electron chi connectivity index (χ4n) is 6.25. The van der Waals surface area contributed by atoms with Gasteiger partial charge in [0.2, 0.25) is 0 Å². The van der Waals surface area contributed by atoms with Crippen molar-refractivity contribution in [1.29, 1.82) is 0 Å². The summed E-state index contributed by atoms with van der Waals surface area (Å²) in [6, 6.07) is 5.47. The van der Waals surface area contributed by atoms with Crippen molar-refractivity contribution < 1.29 is 19.1 Å². The van der Waals surface area contributed by atoms with E-state index in [4.69, 9.17) is 9.15 Å². The van der Waals surface area contributed by atoms with Crippen LogP contribution in [-0.2, 0) is 11.2 Å². The lowest BCUT2D eigenvalue weighted by Gasteiger charge is -2.52. The van der Waals surface area contributed by atoms with E-state index in [1.165, 1.54) is 0 Å². The zero-order valence-electron chi connectivity index (χ0n) is 21.6. The molecule has 3 atom stereocenters. The molecule has 1 saturated carbocycles. The summed E-state index contributed by atoms with van der Waals surface area (Å²) in [6.45, 7) is 6.70. The van der Waals surface area contributed by atoms with Gasteiger partial charge in [0, 0.05) is 35.5 Å². The highest BCUT2D eigenvalue weighted by atomic mass is 16.5. The van der Waals surface area contributed by atoms with Crippen LogP contribution in [0.1, 0.15) is 89.2 Å². The number of amides is 1. The van der Waals surface area contributed by atoms with Gasteiger partial charge in [-0.2, -0.15) is 0 Å². The molecule has 0 bridgehead atoms. The Balaban J connectivity index is 1.51. The SMILES string of the molecule is CCCCc1cc(=O)oc2c(C)c(OCC(=O)N3CC[C@@]4(O)CCCC[C@H]4C3CCCC)ccc12. The number of nitrogens with zero attached hydrogens (tertiary/aromatic N) is 1. The molecule has 0 spiro atoms. The highest BCUT2D eigenvalue weighted by Gasteiger charge is 2.49. The van der Waals surface area contributed by atoms with E-state index in [-0.39, 0.29) is 30.1 Å². The number of rotatable bonds is 9. The number of ether oxygens (including phenoxy) is 1. The van der Waals surface area contributed by atoms with Crippen molar-refractivity contribution in [3.8, 4) is 5.75 Å². The van der Waals surface area contributed by atoms with Crippen molar-refractivity contribution in [3.05, 3.63) is 39.7 Å². The Morgan fingerprint density at radius 1 is 1.20 bits per heavy atom. The smallest absolute Gasteiger partial charge is 0.336 e. The van der Waals surface area contributed by atoms with E-state index >= 15 is 0 Å². The minimum absolute atomic E-state index is 0.0311. The molecular formula is C29H41NO5. The molecule has 2 aromatic rings. The molecule has 35 heavy (non-hydrogen) atoms. The lowest BCUT2D eigenvalue weighted by molar-refractivity contribution is -0.157. The summed E-state index contributed by atoms with van der Waals surface area (Å²) in [5, 5.41) is 12.2. The Morgan fingerprint density at radius 2 is 2.00 bits per heavy atom. The Bertz CT molecular complexity index is 1090. The van der Waals surface area contributed by atoms with E-state index in [0.717, 1.165) is 80.7 Å². The summed E-state index contributed by atoms with van der Waals surface area (Å²) in [4.78, 5) is 27.5. The zero-order chi connectivity index (χ0) is 25.0. The Hall–Kier alpha value is -2.34. The lowest BCUT2D eigenvalue weighted by atomic mass is 9.66. The van der Waals surface area contributed by atoms with E-state index in [2.05, 4.69) is 13.8 Å². The summed E-state index contributed by atoms with van der Waals surface area (Å²) in [5.41, 5.74) is 1.30. The number of hydrogen-bond acceptors (Lipinski definition) is 5. The second-order valence-electron chi connectivity index (χ2n) is 10.6. The Morgan fingerprint density at radius 3 is 2.77 bits per heavy atom. The number of hydrogen-bond donors (Lipinski definition) is 1. The average molecular weight is 484 g/mol. The zero-order valence-corrected chi connectivity index (χ0v) is 21.6. The second kappa shape index (κ2) is 11.2. The van der Waals surface area contributed by atoms with Crippen molar-refractivity contribution in [3.63, 3.8) is 0 Å². The van der Waals surface area contributed by atoms with Crippen LogP contribution < -0.4 is 10.4 Å². The molecule has 1 aliphatic heterocycles. The maximum absolute atomic E-state index is 13.4. The number of aryl methyl sites for hydroxylation is 2. The van der Waals surface area contributed by atoms with Gasteiger partial charge in [-0.1, -0.05) is 46.0 Å². The number of unbranched alkanes of at least 4 members (excludes halogenated alkanes) is 2. The van der Waals surface area contributed by atoms with Gasteiger partial charge in [0.1, 0.15) is 11.3 Å². The van der Waals surface area contributed by atoms with Crippen LogP contribution in [0.5, 0.6) is 5.75 Å². The van der Waals surface area contributed by atoms with Crippen molar-refractivity contribution in [2.45, 2.75) is 103 Å². The third-order valence-electron chi connectivity index (χ3n) is 8.24. The maximum Gasteiger partial charge on any atom is 0.336 e. The van der Waals surface area contributed by atoms with Gasteiger partial charge in [-0.25, -0.2) is 4.79 Å². The van der Waals surface area contributed by atoms with Gasteiger partial charge in [-0.3, -0.25) is 4.79 Å². The number of piperidine rings is 1. The molecular weight excluding hydrogens is 442 g/mol. The highest BCUT2D eigenvalue weighted by molar-refractivity contribution is 5.85. The first kappa shape index (κ1) is 25.7. The van der Waals surface area contributed by atoms with Gasteiger partial charge in [-0.05, 0) is 63.1 Å². The summed E-state index contributed by atoms with van der Waals surface area (Å²) >= 11 is 0. The average Bonchev–Trinajstić information content (AvgIpc) is 2.85. The fraction of sp³-hybridized carbons (Fsp3) is 0.655. The molecule has 0 radical (unpaired) electrons. The predicted molar refractivity (Wildman–Crippen MR) is 138 cm³/mol. The van der Waals surface area contributed by atoms with Crippen molar-refractivity contribution in [2.75, 3.05) is 13.2 Å². The van der Waals surface area contributed by atoms with Crippen LogP contribution in [-0.4, -0.2) is 40.7 Å². The highest BCUT2D eigenvalue weighted by Crippen LogP contribution is 2.44. The molecule has 1 aromatic carbocycles. The third kappa shape index (κ3) is 5.42. The fourth-order valence-corrected chi connectivity index (χ4v) is 6.25. The molecule has 2 fully saturated rings. The van der Waals surface area contributed by atoms with Crippen molar-refractivity contribution in [1.82, 2.24) is 4.90 Å². The molecule has 192 valence electrons. The molecule has 2 heterocycles. The molecule has 1 amide bonds. The van der Waals surface area contributed by atoms with E-state index in [0.29, 0.717) is 24.3 Å². The van der Waals surface area contributed by atoms with Crippen LogP contribution in [0.15, 0.2) is 27.4 Å². The van der Waals surface area contributed by atoms with Crippen LogP contribution in [0.2, 0.25) is 0 Å². The van der Waals surface area contributed by atoms with E-state index in [1.54, 1.807) is 6.07 Å². The molecule has 1 saturated heterocycles.